The number of nitroso groups, excluding NO2 is 1. The van der Waals surface area contributed by atoms with Gasteiger partial charge in [0.25, 0.3) is 0 Å². The average Bonchev–Trinajstić information content (AvgIpc) is 2.84. The quantitative estimate of drug-likeness (QED) is 0.495. The monoisotopic (exact) mass is 344 g/mol. The number of nitrogens with zero attached hydrogens (tertiary/aromatic N) is 2. The van der Waals surface area contributed by atoms with Crippen LogP contribution in [0.5, 0.6) is 11.6 Å². The van der Waals surface area contributed by atoms with E-state index in [0.29, 0.717) is 35.5 Å². The number of hydrogen-bond acceptors (Lipinski definition) is 4. The Balaban J connectivity index is 1.73. The molecule has 0 saturated heterocycles. The lowest BCUT2D eigenvalue weighted by Gasteiger charge is -2.09. The van der Waals surface area contributed by atoms with E-state index in [2.05, 4.69) is 5.18 Å². The van der Waals surface area contributed by atoms with E-state index < -0.39 is 0 Å². The fourth-order valence-electron chi connectivity index (χ4n) is 2.65. The lowest BCUT2D eigenvalue weighted by molar-refractivity contribution is 0.298. The number of aromatic nitrogens is 1. The average molecular weight is 345 g/mol. The van der Waals surface area contributed by atoms with E-state index in [9.17, 15) is 10.0 Å². The Labute approximate surface area is 144 Å². The van der Waals surface area contributed by atoms with Gasteiger partial charge in [-0.3, -0.25) is 0 Å². The summed E-state index contributed by atoms with van der Waals surface area (Å²) in [7, 11) is 0. The van der Waals surface area contributed by atoms with Crippen LogP contribution in [0.1, 0.15) is 12.0 Å². The van der Waals surface area contributed by atoms with Crippen molar-refractivity contribution in [1.29, 1.82) is 0 Å². The molecule has 0 radical (unpaired) electrons. The minimum absolute atomic E-state index is 0.0427. The van der Waals surface area contributed by atoms with Gasteiger partial charge in [0.15, 0.2) is 5.69 Å². The topological polar surface area (TPSA) is 63.8 Å². The molecule has 1 N–H and O–H groups in total. The lowest BCUT2D eigenvalue weighted by Crippen LogP contribution is -2.04. The highest BCUT2D eigenvalue weighted by Gasteiger charge is 2.17. The third kappa shape index (κ3) is 3.21. The Morgan fingerprint density at radius 1 is 1.21 bits per heavy atom. The molecule has 0 unspecified atom stereocenters. The molecular weight excluding hydrogens is 328 g/mol. The summed E-state index contributed by atoms with van der Waals surface area (Å²) in [6, 6.07) is 12.9. The first kappa shape index (κ1) is 16.3. The van der Waals surface area contributed by atoms with Crippen molar-refractivity contribution < 1.29 is 9.84 Å². The van der Waals surface area contributed by atoms with Gasteiger partial charge in [0.1, 0.15) is 5.75 Å². The Morgan fingerprint density at radius 2 is 1.96 bits per heavy atom. The molecule has 3 aromatic rings. The van der Waals surface area contributed by atoms with Crippen molar-refractivity contribution in [2.24, 2.45) is 5.18 Å². The van der Waals surface area contributed by atoms with Gasteiger partial charge in [0.2, 0.25) is 5.88 Å². The molecule has 24 heavy (non-hydrogen) atoms. The Hall–Kier alpha value is -2.53. The Kier molecular flexibility index (Phi) is 4.71. The normalized spacial score (nSPS) is 10.9. The molecule has 0 spiro atoms. The van der Waals surface area contributed by atoms with Crippen molar-refractivity contribution >= 4 is 28.2 Å². The molecule has 0 aliphatic rings. The third-order valence-corrected chi connectivity index (χ3v) is 4.12. The van der Waals surface area contributed by atoms with Crippen LogP contribution in [0.15, 0.2) is 47.6 Å². The van der Waals surface area contributed by atoms with E-state index in [-0.39, 0.29) is 11.6 Å². The molecule has 1 aromatic heterocycles. The SMILES string of the molecule is Cc1ccc(OCCCn2c(O)c(N=O)c3ccc(Cl)cc32)cc1. The molecule has 0 amide bonds. The minimum atomic E-state index is -0.141. The summed E-state index contributed by atoms with van der Waals surface area (Å²) in [5.41, 5.74) is 1.91. The maximum atomic E-state index is 11.0. The van der Waals surface area contributed by atoms with E-state index in [1.807, 2.05) is 31.2 Å². The van der Waals surface area contributed by atoms with Crippen LogP contribution in [0.25, 0.3) is 10.9 Å². The highest BCUT2D eigenvalue weighted by molar-refractivity contribution is 6.31. The van der Waals surface area contributed by atoms with Crippen LogP contribution >= 0.6 is 11.6 Å². The van der Waals surface area contributed by atoms with Crippen LogP contribution < -0.4 is 4.74 Å². The number of rotatable bonds is 6. The van der Waals surface area contributed by atoms with Gasteiger partial charge in [-0.25, -0.2) is 0 Å². The predicted molar refractivity (Wildman–Crippen MR) is 95.4 cm³/mol. The smallest absolute Gasteiger partial charge is 0.222 e. The van der Waals surface area contributed by atoms with Gasteiger partial charge < -0.3 is 14.4 Å². The van der Waals surface area contributed by atoms with E-state index in [1.54, 1.807) is 22.8 Å². The molecule has 0 aliphatic heterocycles. The fourth-order valence-corrected chi connectivity index (χ4v) is 2.82. The summed E-state index contributed by atoms with van der Waals surface area (Å²) >= 11 is 6.02. The number of ether oxygens (including phenoxy) is 1. The maximum absolute atomic E-state index is 11.0. The van der Waals surface area contributed by atoms with Crippen LogP contribution in [0.3, 0.4) is 0 Å². The molecule has 0 saturated carbocycles. The van der Waals surface area contributed by atoms with Gasteiger partial charge in [-0.2, -0.15) is 0 Å². The van der Waals surface area contributed by atoms with Crippen molar-refractivity contribution in [1.82, 2.24) is 4.57 Å². The van der Waals surface area contributed by atoms with Gasteiger partial charge >= 0.3 is 0 Å². The molecule has 1 heterocycles. The van der Waals surface area contributed by atoms with E-state index >= 15 is 0 Å². The van der Waals surface area contributed by atoms with Crippen LogP contribution in [0.4, 0.5) is 5.69 Å². The fraction of sp³-hybridized carbons (Fsp3) is 0.222. The van der Waals surface area contributed by atoms with Crippen LogP contribution in [-0.4, -0.2) is 16.3 Å². The molecule has 124 valence electrons. The van der Waals surface area contributed by atoms with E-state index in [0.717, 1.165) is 5.75 Å². The summed E-state index contributed by atoms with van der Waals surface area (Å²) in [4.78, 5) is 11.0. The molecule has 6 heteroatoms. The predicted octanol–water partition coefficient (Wildman–Crippen LogP) is 5.18. The number of benzene rings is 2. The summed E-state index contributed by atoms with van der Waals surface area (Å²) < 4.78 is 7.32. The molecule has 3 rings (SSSR count). The first-order chi connectivity index (χ1) is 11.6. The Bertz CT molecular complexity index is 872. The van der Waals surface area contributed by atoms with Crippen molar-refractivity contribution in [3.63, 3.8) is 0 Å². The second kappa shape index (κ2) is 6.93. The highest BCUT2D eigenvalue weighted by atomic mass is 35.5. The number of aryl methyl sites for hydroxylation is 2. The van der Waals surface area contributed by atoms with Crippen LogP contribution in [-0.2, 0) is 6.54 Å². The molecule has 5 nitrogen and oxygen atoms in total. The largest absolute Gasteiger partial charge is 0.494 e. The number of halogens is 1. The minimum Gasteiger partial charge on any atom is -0.494 e. The van der Waals surface area contributed by atoms with Gasteiger partial charge in [-0.05, 0) is 48.9 Å². The van der Waals surface area contributed by atoms with Gasteiger partial charge in [0, 0.05) is 17.0 Å². The van der Waals surface area contributed by atoms with Crippen molar-refractivity contribution in [3.8, 4) is 11.6 Å². The van der Waals surface area contributed by atoms with Crippen molar-refractivity contribution in [2.75, 3.05) is 6.61 Å². The number of hydrogen-bond donors (Lipinski definition) is 1. The van der Waals surface area contributed by atoms with Crippen LogP contribution in [0, 0.1) is 11.8 Å². The molecule has 0 aliphatic carbocycles. The lowest BCUT2D eigenvalue weighted by atomic mass is 10.2. The summed E-state index contributed by atoms with van der Waals surface area (Å²) in [5.74, 6) is 0.665. The van der Waals surface area contributed by atoms with E-state index in [4.69, 9.17) is 16.3 Å². The first-order valence-corrected chi connectivity index (χ1v) is 8.01. The summed E-state index contributed by atoms with van der Waals surface area (Å²) in [6.07, 6.45) is 0.663. The first-order valence-electron chi connectivity index (χ1n) is 7.63. The molecular formula is C18H17ClN2O3. The second-order valence-corrected chi connectivity index (χ2v) is 6.03. The standard InChI is InChI=1S/C18H17ClN2O3/c1-12-3-6-14(7-4-12)24-10-2-9-21-16-11-13(19)5-8-15(16)17(20-23)18(21)22/h3-8,11,22H,2,9-10H2,1H3. The highest BCUT2D eigenvalue weighted by Crippen LogP contribution is 2.39. The van der Waals surface area contributed by atoms with Crippen molar-refractivity contribution in [2.45, 2.75) is 19.9 Å². The zero-order valence-corrected chi connectivity index (χ0v) is 14.0. The second-order valence-electron chi connectivity index (χ2n) is 5.59. The molecule has 0 bridgehead atoms. The van der Waals surface area contributed by atoms with Gasteiger partial charge in [-0.15, -0.1) is 4.91 Å². The Morgan fingerprint density at radius 3 is 2.67 bits per heavy atom. The molecule has 0 fully saturated rings. The van der Waals surface area contributed by atoms with Crippen molar-refractivity contribution in [3.05, 3.63) is 58.0 Å². The van der Waals surface area contributed by atoms with Crippen LogP contribution in [0.2, 0.25) is 5.02 Å². The molecule has 2 aromatic carbocycles. The third-order valence-electron chi connectivity index (χ3n) is 3.88. The summed E-state index contributed by atoms with van der Waals surface area (Å²) in [5, 5.41) is 14.3. The zero-order valence-electron chi connectivity index (χ0n) is 13.2. The number of fused-ring (bicyclic) bond motifs is 1. The maximum Gasteiger partial charge on any atom is 0.222 e. The van der Waals surface area contributed by atoms with Gasteiger partial charge in [0.05, 0.1) is 12.1 Å². The number of aromatic hydroxyl groups is 1. The van der Waals surface area contributed by atoms with Gasteiger partial charge in [-0.1, -0.05) is 29.3 Å². The van der Waals surface area contributed by atoms with E-state index in [1.165, 1.54) is 5.56 Å². The molecule has 0 atom stereocenters. The zero-order chi connectivity index (χ0) is 17.1. The summed E-state index contributed by atoms with van der Waals surface area (Å²) in [6.45, 7) is 3.00.